The van der Waals surface area contributed by atoms with Crippen LogP contribution >= 0.6 is 35.6 Å². The first-order valence-electron chi connectivity index (χ1n) is 5.30. The standard InChI is InChI=1S/C10H18Cl2N2O2.ClH/c1-9(7-10(9,11)12)8(15)14-4-3-13-5-6-16-2;/h13H,3-7H2,1-2H3,(H,14,15);1H. The summed E-state index contributed by atoms with van der Waals surface area (Å²) in [5, 5.41) is 5.94. The smallest absolute Gasteiger partial charge is 0.229 e. The molecule has 2 N–H and O–H groups in total. The van der Waals surface area contributed by atoms with E-state index in [0.717, 1.165) is 6.54 Å². The number of halogens is 3. The second-order valence-corrected chi connectivity index (χ2v) is 5.70. The van der Waals surface area contributed by atoms with Crippen LogP contribution < -0.4 is 10.6 Å². The van der Waals surface area contributed by atoms with Crippen LogP contribution in [0.25, 0.3) is 0 Å². The average Bonchev–Trinajstić information content (AvgIpc) is 2.73. The second kappa shape index (κ2) is 7.00. The molecule has 0 radical (unpaired) electrons. The van der Waals surface area contributed by atoms with Gasteiger partial charge < -0.3 is 15.4 Å². The van der Waals surface area contributed by atoms with E-state index in [9.17, 15) is 4.79 Å². The van der Waals surface area contributed by atoms with Crippen molar-refractivity contribution >= 4 is 41.5 Å². The van der Waals surface area contributed by atoms with Crippen LogP contribution in [0.15, 0.2) is 0 Å². The molecule has 1 aliphatic carbocycles. The van der Waals surface area contributed by atoms with Crippen molar-refractivity contribution in [2.75, 3.05) is 33.4 Å². The molecule has 102 valence electrons. The molecule has 0 aromatic heterocycles. The summed E-state index contributed by atoms with van der Waals surface area (Å²) in [6.07, 6.45) is 0.520. The number of rotatable bonds is 7. The van der Waals surface area contributed by atoms with Crippen molar-refractivity contribution in [3.05, 3.63) is 0 Å². The van der Waals surface area contributed by atoms with Crippen molar-refractivity contribution in [1.82, 2.24) is 10.6 Å². The van der Waals surface area contributed by atoms with Gasteiger partial charge in [0.15, 0.2) is 0 Å². The maximum atomic E-state index is 11.7. The molecule has 0 aliphatic heterocycles. The summed E-state index contributed by atoms with van der Waals surface area (Å²) in [6, 6.07) is 0. The van der Waals surface area contributed by atoms with Gasteiger partial charge in [-0.15, -0.1) is 35.6 Å². The Balaban J connectivity index is 0.00000256. The highest BCUT2D eigenvalue weighted by Crippen LogP contribution is 2.63. The fraction of sp³-hybridized carbons (Fsp3) is 0.900. The molecule has 1 saturated carbocycles. The van der Waals surface area contributed by atoms with Crippen LogP contribution in [0, 0.1) is 5.41 Å². The van der Waals surface area contributed by atoms with Crippen molar-refractivity contribution in [3.8, 4) is 0 Å². The fourth-order valence-corrected chi connectivity index (χ4v) is 2.11. The fourth-order valence-electron chi connectivity index (χ4n) is 1.40. The Morgan fingerprint density at radius 1 is 1.35 bits per heavy atom. The van der Waals surface area contributed by atoms with Crippen molar-refractivity contribution < 1.29 is 9.53 Å². The van der Waals surface area contributed by atoms with E-state index in [0.29, 0.717) is 26.1 Å². The predicted octanol–water partition coefficient (Wildman–Crippen LogP) is 1.34. The molecule has 17 heavy (non-hydrogen) atoms. The number of alkyl halides is 2. The van der Waals surface area contributed by atoms with Gasteiger partial charge in [-0.3, -0.25) is 4.79 Å². The lowest BCUT2D eigenvalue weighted by Crippen LogP contribution is -2.38. The Hall–Kier alpha value is 0.260. The van der Waals surface area contributed by atoms with Crippen LogP contribution in [0.2, 0.25) is 0 Å². The van der Waals surface area contributed by atoms with Crippen LogP contribution in [0.3, 0.4) is 0 Å². The Kier molecular flexibility index (Phi) is 7.11. The van der Waals surface area contributed by atoms with Gasteiger partial charge in [0.1, 0.15) is 4.33 Å². The summed E-state index contributed by atoms with van der Waals surface area (Å²) < 4.78 is 3.99. The van der Waals surface area contributed by atoms with E-state index in [2.05, 4.69) is 10.6 Å². The summed E-state index contributed by atoms with van der Waals surface area (Å²) in [4.78, 5) is 11.7. The van der Waals surface area contributed by atoms with E-state index in [1.54, 1.807) is 14.0 Å². The first kappa shape index (κ1) is 17.3. The van der Waals surface area contributed by atoms with E-state index >= 15 is 0 Å². The van der Waals surface area contributed by atoms with Crippen LogP contribution in [-0.2, 0) is 9.53 Å². The highest BCUT2D eigenvalue weighted by Gasteiger charge is 2.67. The minimum atomic E-state index is -0.888. The molecule has 4 nitrogen and oxygen atoms in total. The number of carbonyl (C=O) groups excluding carboxylic acids is 1. The van der Waals surface area contributed by atoms with Crippen molar-refractivity contribution in [2.24, 2.45) is 5.41 Å². The molecule has 1 atom stereocenters. The van der Waals surface area contributed by atoms with Crippen LogP contribution in [0.5, 0.6) is 0 Å². The zero-order chi connectivity index (χ0) is 12.2. The van der Waals surface area contributed by atoms with Crippen LogP contribution in [-0.4, -0.2) is 43.6 Å². The zero-order valence-electron chi connectivity index (χ0n) is 10.0. The van der Waals surface area contributed by atoms with Crippen LogP contribution in [0.4, 0.5) is 0 Å². The SMILES string of the molecule is COCCNCCNC(=O)C1(C)CC1(Cl)Cl.Cl. The molecule has 0 bridgehead atoms. The van der Waals surface area contributed by atoms with E-state index in [4.69, 9.17) is 27.9 Å². The number of ether oxygens (including phenoxy) is 1. The maximum Gasteiger partial charge on any atom is 0.229 e. The third-order valence-corrected chi connectivity index (χ3v) is 3.93. The molecule has 1 aliphatic rings. The number of hydrogen-bond acceptors (Lipinski definition) is 3. The first-order chi connectivity index (χ1) is 7.44. The third-order valence-electron chi connectivity index (χ3n) is 2.83. The van der Waals surface area contributed by atoms with E-state index < -0.39 is 9.75 Å². The Labute approximate surface area is 118 Å². The molecule has 0 spiro atoms. The molecular formula is C10H19Cl3N2O2. The van der Waals surface area contributed by atoms with Gasteiger partial charge in [0.25, 0.3) is 0 Å². The average molecular weight is 306 g/mol. The summed E-state index contributed by atoms with van der Waals surface area (Å²) in [7, 11) is 1.65. The van der Waals surface area contributed by atoms with Gasteiger partial charge in [-0.25, -0.2) is 0 Å². The van der Waals surface area contributed by atoms with Crippen molar-refractivity contribution in [1.29, 1.82) is 0 Å². The lowest BCUT2D eigenvalue weighted by molar-refractivity contribution is -0.125. The summed E-state index contributed by atoms with van der Waals surface area (Å²) in [6.45, 7) is 4.50. The monoisotopic (exact) mass is 304 g/mol. The van der Waals surface area contributed by atoms with Crippen molar-refractivity contribution in [3.63, 3.8) is 0 Å². The molecule has 0 heterocycles. The quantitative estimate of drug-likeness (QED) is 0.551. The molecule has 1 amide bonds. The predicted molar refractivity (Wildman–Crippen MR) is 72.2 cm³/mol. The molecule has 0 aromatic rings. The Morgan fingerprint density at radius 2 is 1.94 bits per heavy atom. The number of nitrogens with one attached hydrogen (secondary N) is 2. The summed E-state index contributed by atoms with van der Waals surface area (Å²) >= 11 is 11.8. The Morgan fingerprint density at radius 3 is 2.41 bits per heavy atom. The van der Waals surface area contributed by atoms with E-state index in [1.807, 2.05) is 0 Å². The molecule has 0 aromatic carbocycles. The van der Waals surface area contributed by atoms with Gasteiger partial charge >= 0.3 is 0 Å². The largest absolute Gasteiger partial charge is 0.383 e. The number of amides is 1. The van der Waals surface area contributed by atoms with E-state index in [-0.39, 0.29) is 18.3 Å². The third kappa shape index (κ3) is 4.45. The molecule has 1 rings (SSSR count). The number of methoxy groups -OCH3 is 1. The lowest BCUT2D eigenvalue weighted by atomic mass is 10.1. The van der Waals surface area contributed by atoms with Gasteiger partial charge in [-0.2, -0.15) is 0 Å². The van der Waals surface area contributed by atoms with Crippen LogP contribution in [0.1, 0.15) is 13.3 Å². The van der Waals surface area contributed by atoms with E-state index in [1.165, 1.54) is 0 Å². The van der Waals surface area contributed by atoms with Gasteiger partial charge in [0.2, 0.25) is 5.91 Å². The number of hydrogen-bond donors (Lipinski definition) is 2. The minimum Gasteiger partial charge on any atom is -0.383 e. The topological polar surface area (TPSA) is 50.4 Å². The summed E-state index contributed by atoms with van der Waals surface area (Å²) in [5.41, 5.74) is -0.622. The molecule has 1 fully saturated rings. The zero-order valence-corrected chi connectivity index (χ0v) is 12.3. The number of carbonyl (C=O) groups is 1. The Bertz CT molecular complexity index is 264. The minimum absolute atomic E-state index is 0. The highest BCUT2D eigenvalue weighted by molar-refractivity contribution is 6.53. The van der Waals surface area contributed by atoms with Gasteiger partial charge in [-0.05, 0) is 13.3 Å². The maximum absolute atomic E-state index is 11.7. The molecule has 7 heteroatoms. The second-order valence-electron chi connectivity index (χ2n) is 4.21. The normalized spacial score (nSPS) is 24.9. The van der Waals surface area contributed by atoms with Gasteiger partial charge in [0.05, 0.1) is 12.0 Å². The molecule has 1 unspecified atom stereocenters. The molecular weight excluding hydrogens is 286 g/mol. The van der Waals surface area contributed by atoms with Gasteiger partial charge in [-0.1, -0.05) is 0 Å². The summed E-state index contributed by atoms with van der Waals surface area (Å²) in [5.74, 6) is -0.0777. The highest BCUT2D eigenvalue weighted by atomic mass is 35.5. The first-order valence-corrected chi connectivity index (χ1v) is 6.05. The van der Waals surface area contributed by atoms with Crippen molar-refractivity contribution in [2.45, 2.75) is 17.7 Å². The lowest BCUT2D eigenvalue weighted by Gasteiger charge is -2.12. The molecule has 0 saturated heterocycles. The van der Waals surface area contributed by atoms with Gasteiger partial charge in [0, 0.05) is 26.7 Å².